The number of aromatic nitrogens is 3. The minimum Gasteiger partial charge on any atom is -0.320 e. The first-order valence-electron chi connectivity index (χ1n) is 5.78. The van der Waals surface area contributed by atoms with Crippen molar-refractivity contribution in [3.63, 3.8) is 0 Å². The van der Waals surface area contributed by atoms with Crippen molar-refractivity contribution in [2.45, 2.75) is 33.2 Å². The van der Waals surface area contributed by atoms with Gasteiger partial charge in [0.25, 0.3) is 0 Å². The lowest BCUT2D eigenvalue weighted by Gasteiger charge is -2.13. The quantitative estimate of drug-likeness (QED) is 0.928. The van der Waals surface area contributed by atoms with Crippen LogP contribution in [0.2, 0.25) is 0 Å². The third-order valence-electron chi connectivity index (χ3n) is 2.78. The average Bonchev–Trinajstić information content (AvgIpc) is 2.64. The maximum atomic E-state index is 6.02. The molecular formula is C13H17BrN4. The normalized spacial score (nSPS) is 11.9. The number of hydrogen-bond acceptors (Lipinski definition) is 3. The molecule has 0 radical (unpaired) electrons. The molecule has 0 unspecified atom stereocenters. The Kier molecular flexibility index (Phi) is 3.29. The Bertz CT molecular complexity index is 558. The summed E-state index contributed by atoms with van der Waals surface area (Å²) in [5, 5.41) is 8.30. The summed E-state index contributed by atoms with van der Waals surface area (Å²) in [6, 6.07) is 4.19. The molecule has 2 aromatic rings. The molecule has 0 aliphatic rings. The van der Waals surface area contributed by atoms with Crippen LogP contribution in [-0.2, 0) is 5.54 Å². The van der Waals surface area contributed by atoms with Crippen molar-refractivity contribution in [3.05, 3.63) is 39.6 Å². The molecule has 1 heterocycles. The van der Waals surface area contributed by atoms with Gasteiger partial charge in [-0.2, -0.15) is 0 Å². The highest BCUT2D eigenvalue weighted by molar-refractivity contribution is 9.10. The highest BCUT2D eigenvalue weighted by atomic mass is 79.9. The number of rotatable bonds is 2. The van der Waals surface area contributed by atoms with Crippen LogP contribution in [0.5, 0.6) is 0 Å². The zero-order chi connectivity index (χ0) is 13.5. The largest absolute Gasteiger partial charge is 0.320 e. The van der Waals surface area contributed by atoms with Crippen molar-refractivity contribution in [3.8, 4) is 5.69 Å². The summed E-state index contributed by atoms with van der Waals surface area (Å²) in [7, 11) is 0. The molecule has 1 aromatic carbocycles. The van der Waals surface area contributed by atoms with Crippen LogP contribution in [0.4, 0.5) is 0 Å². The van der Waals surface area contributed by atoms with E-state index < -0.39 is 5.54 Å². The molecule has 2 N–H and O–H groups in total. The zero-order valence-electron chi connectivity index (χ0n) is 11.0. The molecule has 0 spiro atoms. The Morgan fingerprint density at radius 2 is 1.94 bits per heavy atom. The highest BCUT2D eigenvalue weighted by Crippen LogP contribution is 2.26. The third-order valence-corrected chi connectivity index (χ3v) is 3.39. The van der Waals surface area contributed by atoms with Crippen LogP contribution in [-0.4, -0.2) is 15.0 Å². The first-order chi connectivity index (χ1) is 8.29. The molecule has 4 nitrogen and oxygen atoms in total. The summed E-state index contributed by atoms with van der Waals surface area (Å²) >= 11 is 3.57. The lowest BCUT2D eigenvalue weighted by atomic mass is 10.0. The summed E-state index contributed by atoms with van der Waals surface area (Å²) in [6.07, 6.45) is 1.88. The molecule has 0 atom stereocenters. The van der Waals surface area contributed by atoms with E-state index >= 15 is 0 Å². The van der Waals surface area contributed by atoms with Crippen molar-refractivity contribution in [1.29, 1.82) is 0 Å². The predicted molar refractivity (Wildman–Crippen MR) is 75.7 cm³/mol. The van der Waals surface area contributed by atoms with Crippen molar-refractivity contribution in [2.24, 2.45) is 5.73 Å². The Morgan fingerprint density at radius 3 is 2.44 bits per heavy atom. The SMILES string of the molecule is Cc1cc(C)c(-n2cc(C(C)(C)N)nn2)c(Br)c1. The highest BCUT2D eigenvalue weighted by Gasteiger charge is 2.19. The van der Waals surface area contributed by atoms with Gasteiger partial charge in [-0.15, -0.1) is 5.10 Å². The Balaban J connectivity index is 2.53. The predicted octanol–water partition coefficient (Wildman–Crippen LogP) is 2.84. The van der Waals surface area contributed by atoms with Crippen molar-refractivity contribution in [1.82, 2.24) is 15.0 Å². The van der Waals surface area contributed by atoms with Gasteiger partial charge in [0.2, 0.25) is 0 Å². The maximum Gasteiger partial charge on any atom is 0.102 e. The van der Waals surface area contributed by atoms with Crippen LogP contribution < -0.4 is 5.73 Å². The summed E-state index contributed by atoms with van der Waals surface area (Å²) in [5.74, 6) is 0. The lowest BCUT2D eigenvalue weighted by molar-refractivity contribution is 0.533. The van der Waals surface area contributed by atoms with Gasteiger partial charge in [0, 0.05) is 4.47 Å². The van der Waals surface area contributed by atoms with Crippen LogP contribution in [0.1, 0.15) is 30.7 Å². The molecule has 96 valence electrons. The molecular weight excluding hydrogens is 292 g/mol. The minimum absolute atomic E-state index is 0.483. The van der Waals surface area contributed by atoms with Crippen LogP contribution in [0.3, 0.4) is 0 Å². The maximum absolute atomic E-state index is 6.02. The van der Waals surface area contributed by atoms with E-state index in [-0.39, 0.29) is 0 Å². The molecule has 2 rings (SSSR count). The Morgan fingerprint density at radius 1 is 1.28 bits per heavy atom. The van der Waals surface area contributed by atoms with E-state index in [9.17, 15) is 0 Å². The van der Waals surface area contributed by atoms with Gasteiger partial charge < -0.3 is 5.73 Å². The Hall–Kier alpha value is -1.20. The fraction of sp³-hybridized carbons (Fsp3) is 0.385. The van der Waals surface area contributed by atoms with Crippen LogP contribution in [0, 0.1) is 13.8 Å². The molecule has 0 saturated carbocycles. The topological polar surface area (TPSA) is 56.7 Å². The molecule has 0 saturated heterocycles. The van der Waals surface area contributed by atoms with Gasteiger partial charge in [-0.25, -0.2) is 4.68 Å². The monoisotopic (exact) mass is 308 g/mol. The summed E-state index contributed by atoms with van der Waals surface area (Å²) < 4.78 is 2.77. The van der Waals surface area contributed by atoms with Crippen molar-refractivity contribution in [2.75, 3.05) is 0 Å². The van der Waals surface area contributed by atoms with Gasteiger partial charge in [0.05, 0.1) is 17.4 Å². The van der Waals surface area contributed by atoms with E-state index in [1.807, 2.05) is 20.0 Å². The standard InChI is InChI=1S/C13H17BrN4/c1-8-5-9(2)12(10(14)6-8)18-7-11(16-17-18)13(3,4)15/h5-7H,15H2,1-4H3. The van der Waals surface area contributed by atoms with Crippen LogP contribution >= 0.6 is 15.9 Å². The number of benzene rings is 1. The number of halogens is 1. The van der Waals surface area contributed by atoms with Gasteiger partial charge >= 0.3 is 0 Å². The molecule has 5 heteroatoms. The van der Waals surface area contributed by atoms with E-state index in [0.717, 1.165) is 21.4 Å². The Labute approximate surface area is 115 Å². The number of hydrogen-bond donors (Lipinski definition) is 1. The van der Waals surface area contributed by atoms with Gasteiger partial charge in [-0.05, 0) is 60.8 Å². The molecule has 18 heavy (non-hydrogen) atoms. The molecule has 0 fully saturated rings. The number of nitrogens with zero attached hydrogens (tertiary/aromatic N) is 3. The zero-order valence-corrected chi connectivity index (χ0v) is 12.6. The summed E-state index contributed by atoms with van der Waals surface area (Å²) in [6.45, 7) is 7.95. The second-order valence-corrected chi connectivity index (χ2v) is 6.04. The van der Waals surface area contributed by atoms with E-state index in [4.69, 9.17) is 5.73 Å². The van der Waals surface area contributed by atoms with Gasteiger partial charge in [-0.1, -0.05) is 11.3 Å². The first-order valence-corrected chi connectivity index (χ1v) is 6.57. The summed E-state index contributed by atoms with van der Waals surface area (Å²) in [4.78, 5) is 0. The molecule has 1 aromatic heterocycles. The van der Waals surface area contributed by atoms with Crippen LogP contribution in [0.25, 0.3) is 5.69 Å². The first kappa shape index (κ1) is 13.2. The molecule has 0 amide bonds. The van der Waals surface area contributed by atoms with Crippen molar-refractivity contribution >= 4 is 15.9 Å². The number of aryl methyl sites for hydroxylation is 2. The fourth-order valence-corrected chi connectivity index (χ4v) is 2.72. The average molecular weight is 309 g/mol. The second kappa shape index (κ2) is 4.48. The molecule has 0 aliphatic carbocycles. The lowest BCUT2D eigenvalue weighted by Crippen LogP contribution is -2.29. The molecule has 0 aliphatic heterocycles. The van der Waals surface area contributed by atoms with Crippen LogP contribution in [0.15, 0.2) is 22.8 Å². The van der Waals surface area contributed by atoms with Gasteiger partial charge in [0.1, 0.15) is 5.69 Å². The molecule has 0 bridgehead atoms. The minimum atomic E-state index is -0.483. The fourth-order valence-electron chi connectivity index (χ4n) is 1.87. The summed E-state index contributed by atoms with van der Waals surface area (Å²) in [5.41, 5.74) is 9.67. The smallest absolute Gasteiger partial charge is 0.102 e. The number of nitrogens with two attached hydrogens (primary N) is 1. The van der Waals surface area contributed by atoms with Gasteiger partial charge in [0.15, 0.2) is 0 Å². The van der Waals surface area contributed by atoms with E-state index in [0.29, 0.717) is 0 Å². The van der Waals surface area contributed by atoms with Gasteiger partial charge in [-0.3, -0.25) is 0 Å². The van der Waals surface area contributed by atoms with E-state index in [2.05, 4.69) is 52.2 Å². The van der Waals surface area contributed by atoms with Crippen molar-refractivity contribution < 1.29 is 0 Å². The van der Waals surface area contributed by atoms with E-state index in [1.165, 1.54) is 5.56 Å². The second-order valence-electron chi connectivity index (χ2n) is 5.18. The third kappa shape index (κ3) is 2.47. The van der Waals surface area contributed by atoms with E-state index in [1.54, 1.807) is 4.68 Å².